The second-order valence-corrected chi connectivity index (χ2v) is 4.39. The fourth-order valence-corrected chi connectivity index (χ4v) is 2.56. The fraction of sp³-hybridized carbons (Fsp3) is 0.462. The molecular weight excluding hydrogens is 232 g/mol. The lowest BCUT2D eigenvalue weighted by Crippen LogP contribution is -2.45. The van der Waals surface area contributed by atoms with E-state index < -0.39 is 11.9 Å². The predicted octanol–water partition coefficient (Wildman–Crippen LogP) is 1.47. The monoisotopic (exact) mass is 248 g/mol. The summed E-state index contributed by atoms with van der Waals surface area (Å²) in [4.78, 5) is 28.8. The lowest BCUT2D eigenvalue weighted by molar-refractivity contribution is -0.151. The number of carboxylic acids is 1. The molecule has 0 spiro atoms. The Morgan fingerprint density at radius 2 is 2.17 bits per heavy atom. The number of nitrogens with zero attached hydrogens (tertiary/aromatic N) is 2. The first-order valence-corrected chi connectivity index (χ1v) is 6.07. The van der Waals surface area contributed by atoms with Crippen LogP contribution in [0.3, 0.4) is 0 Å². The Labute approximate surface area is 105 Å². The number of likely N-dealkylation sites (tertiary alicyclic amines) is 1. The van der Waals surface area contributed by atoms with Crippen molar-refractivity contribution < 1.29 is 14.7 Å². The van der Waals surface area contributed by atoms with Crippen molar-refractivity contribution in [2.24, 2.45) is 5.92 Å². The predicted molar refractivity (Wildman–Crippen MR) is 64.7 cm³/mol. The summed E-state index contributed by atoms with van der Waals surface area (Å²) in [6.45, 7) is 2.39. The minimum absolute atomic E-state index is 0.0248. The largest absolute Gasteiger partial charge is 0.481 e. The van der Waals surface area contributed by atoms with Crippen LogP contribution in [0.4, 0.5) is 0 Å². The third-order valence-corrected chi connectivity index (χ3v) is 3.41. The number of hydrogen-bond donors (Lipinski definition) is 1. The first-order chi connectivity index (χ1) is 8.65. The molecule has 0 radical (unpaired) electrons. The van der Waals surface area contributed by atoms with Crippen molar-refractivity contribution in [3.05, 3.63) is 30.1 Å². The fourth-order valence-electron chi connectivity index (χ4n) is 2.56. The van der Waals surface area contributed by atoms with Gasteiger partial charge in [0.05, 0.1) is 12.0 Å². The average molecular weight is 248 g/mol. The molecule has 0 aromatic carbocycles. The molecule has 1 aliphatic rings. The van der Waals surface area contributed by atoms with Gasteiger partial charge in [0, 0.05) is 25.4 Å². The maximum atomic E-state index is 11.9. The van der Waals surface area contributed by atoms with E-state index in [0.717, 1.165) is 5.56 Å². The highest BCUT2D eigenvalue weighted by Gasteiger charge is 2.39. The van der Waals surface area contributed by atoms with Gasteiger partial charge in [0.1, 0.15) is 0 Å². The third kappa shape index (κ3) is 2.20. The van der Waals surface area contributed by atoms with Gasteiger partial charge in [-0.15, -0.1) is 0 Å². The van der Waals surface area contributed by atoms with E-state index in [9.17, 15) is 14.7 Å². The molecule has 1 aromatic rings. The van der Waals surface area contributed by atoms with Crippen LogP contribution in [-0.2, 0) is 9.59 Å². The number of piperidine rings is 1. The summed E-state index contributed by atoms with van der Waals surface area (Å²) >= 11 is 0. The van der Waals surface area contributed by atoms with Gasteiger partial charge in [0.15, 0.2) is 0 Å². The van der Waals surface area contributed by atoms with Crippen LogP contribution in [0.1, 0.15) is 31.4 Å². The number of hydrogen-bond acceptors (Lipinski definition) is 3. The SMILES string of the molecule is CCN1C(=O)CCC(C(=O)O)C1c1ccncc1. The summed E-state index contributed by atoms with van der Waals surface area (Å²) in [6, 6.07) is 3.18. The van der Waals surface area contributed by atoms with Crippen LogP contribution in [0.2, 0.25) is 0 Å². The number of carbonyl (C=O) groups is 2. The summed E-state index contributed by atoms with van der Waals surface area (Å²) in [5.74, 6) is -1.36. The lowest BCUT2D eigenvalue weighted by atomic mass is 9.84. The lowest BCUT2D eigenvalue weighted by Gasteiger charge is -2.39. The Hall–Kier alpha value is -1.91. The summed E-state index contributed by atoms with van der Waals surface area (Å²) in [6.07, 6.45) is 3.96. The van der Waals surface area contributed by atoms with E-state index in [1.165, 1.54) is 0 Å². The second-order valence-electron chi connectivity index (χ2n) is 4.39. The van der Waals surface area contributed by atoms with E-state index in [0.29, 0.717) is 19.4 Å². The first-order valence-electron chi connectivity index (χ1n) is 6.07. The van der Waals surface area contributed by atoms with Crippen LogP contribution in [0.5, 0.6) is 0 Å². The molecular formula is C13H16N2O3. The van der Waals surface area contributed by atoms with Gasteiger partial charge in [0.2, 0.25) is 5.91 Å². The smallest absolute Gasteiger partial charge is 0.308 e. The molecule has 1 fully saturated rings. The van der Waals surface area contributed by atoms with Gasteiger partial charge in [-0.25, -0.2) is 0 Å². The Bertz CT molecular complexity index is 445. The van der Waals surface area contributed by atoms with Gasteiger partial charge in [-0.1, -0.05) is 0 Å². The molecule has 1 saturated heterocycles. The average Bonchev–Trinajstić information content (AvgIpc) is 2.39. The van der Waals surface area contributed by atoms with Crippen LogP contribution in [0, 0.1) is 5.92 Å². The Kier molecular flexibility index (Phi) is 3.60. The van der Waals surface area contributed by atoms with Crippen molar-refractivity contribution in [3.63, 3.8) is 0 Å². The molecule has 1 amide bonds. The number of carbonyl (C=O) groups excluding carboxylic acids is 1. The van der Waals surface area contributed by atoms with Crippen molar-refractivity contribution in [2.75, 3.05) is 6.54 Å². The van der Waals surface area contributed by atoms with Crippen molar-refractivity contribution >= 4 is 11.9 Å². The third-order valence-electron chi connectivity index (χ3n) is 3.41. The summed E-state index contributed by atoms with van der Waals surface area (Å²) in [5.41, 5.74) is 0.840. The molecule has 2 heterocycles. The molecule has 5 nitrogen and oxygen atoms in total. The van der Waals surface area contributed by atoms with Crippen molar-refractivity contribution in [2.45, 2.75) is 25.8 Å². The highest BCUT2D eigenvalue weighted by molar-refractivity contribution is 5.81. The van der Waals surface area contributed by atoms with Crippen LogP contribution in [0.25, 0.3) is 0 Å². The Morgan fingerprint density at radius 3 is 2.72 bits per heavy atom. The minimum atomic E-state index is -0.845. The number of rotatable bonds is 3. The summed E-state index contributed by atoms with van der Waals surface area (Å²) in [7, 11) is 0. The highest BCUT2D eigenvalue weighted by atomic mass is 16.4. The van der Waals surface area contributed by atoms with Gasteiger partial charge in [-0.2, -0.15) is 0 Å². The zero-order chi connectivity index (χ0) is 13.1. The van der Waals surface area contributed by atoms with E-state index in [1.54, 1.807) is 29.4 Å². The molecule has 2 rings (SSSR count). The van der Waals surface area contributed by atoms with Gasteiger partial charge in [-0.3, -0.25) is 14.6 Å². The number of aromatic nitrogens is 1. The maximum Gasteiger partial charge on any atom is 0.308 e. The topological polar surface area (TPSA) is 70.5 Å². The Balaban J connectivity index is 2.40. The zero-order valence-electron chi connectivity index (χ0n) is 10.2. The standard InChI is InChI=1S/C13H16N2O3/c1-2-15-11(16)4-3-10(13(17)18)12(15)9-5-7-14-8-6-9/h5-8,10,12H,2-4H2,1H3,(H,17,18). The summed E-state index contributed by atoms with van der Waals surface area (Å²) < 4.78 is 0. The van der Waals surface area contributed by atoms with E-state index in [1.807, 2.05) is 6.92 Å². The van der Waals surface area contributed by atoms with Crippen LogP contribution < -0.4 is 0 Å². The first kappa shape index (κ1) is 12.5. The molecule has 1 aromatic heterocycles. The van der Waals surface area contributed by atoms with Gasteiger partial charge in [-0.05, 0) is 31.0 Å². The molecule has 2 unspecified atom stereocenters. The molecule has 5 heteroatoms. The van der Waals surface area contributed by atoms with E-state index in [2.05, 4.69) is 4.98 Å². The summed E-state index contributed by atoms with van der Waals surface area (Å²) in [5, 5.41) is 9.32. The molecule has 1 aliphatic heterocycles. The van der Waals surface area contributed by atoms with Crippen LogP contribution >= 0.6 is 0 Å². The normalized spacial score (nSPS) is 24.1. The molecule has 96 valence electrons. The molecule has 18 heavy (non-hydrogen) atoms. The molecule has 0 aliphatic carbocycles. The van der Waals surface area contributed by atoms with E-state index in [4.69, 9.17) is 0 Å². The number of aliphatic carboxylic acids is 1. The Morgan fingerprint density at radius 1 is 1.50 bits per heavy atom. The minimum Gasteiger partial charge on any atom is -0.481 e. The van der Waals surface area contributed by atoms with Gasteiger partial charge in [0.25, 0.3) is 0 Å². The maximum absolute atomic E-state index is 11.9. The van der Waals surface area contributed by atoms with Crippen molar-refractivity contribution in [1.82, 2.24) is 9.88 Å². The van der Waals surface area contributed by atoms with E-state index in [-0.39, 0.29) is 11.9 Å². The van der Waals surface area contributed by atoms with Crippen LogP contribution in [0.15, 0.2) is 24.5 Å². The van der Waals surface area contributed by atoms with Gasteiger partial charge < -0.3 is 10.0 Å². The molecule has 1 N–H and O–H groups in total. The zero-order valence-corrected chi connectivity index (χ0v) is 10.2. The number of carboxylic acid groups (broad SMARTS) is 1. The molecule has 0 saturated carbocycles. The number of pyridine rings is 1. The van der Waals surface area contributed by atoms with Crippen molar-refractivity contribution in [3.8, 4) is 0 Å². The molecule has 2 atom stereocenters. The van der Waals surface area contributed by atoms with Gasteiger partial charge >= 0.3 is 5.97 Å². The van der Waals surface area contributed by atoms with Crippen LogP contribution in [-0.4, -0.2) is 33.4 Å². The molecule has 0 bridgehead atoms. The second kappa shape index (κ2) is 5.16. The quantitative estimate of drug-likeness (QED) is 0.879. The van der Waals surface area contributed by atoms with Crippen molar-refractivity contribution in [1.29, 1.82) is 0 Å². The number of amides is 1. The highest BCUT2D eigenvalue weighted by Crippen LogP contribution is 2.36. The van der Waals surface area contributed by atoms with E-state index >= 15 is 0 Å².